The van der Waals surface area contributed by atoms with Gasteiger partial charge in [0.15, 0.2) is 5.76 Å². The molecule has 0 bridgehead atoms. The van der Waals surface area contributed by atoms with Gasteiger partial charge < -0.3 is 19.3 Å². The van der Waals surface area contributed by atoms with E-state index in [0.29, 0.717) is 33.9 Å². The van der Waals surface area contributed by atoms with Crippen LogP contribution in [0.25, 0.3) is 6.08 Å². The Morgan fingerprint density at radius 1 is 1.03 bits per heavy atom. The van der Waals surface area contributed by atoms with Crippen molar-refractivity contribution in [2.75, 3.05) is 7.11 Å². The number of fused-ring (bicyclic) bond motifs is 3. The van der Waals surface area contributed by atoms with Crippen LogP contribution in [0, 0.1) is 0 Å². The number of Topliss-reactive ketones (excluding diaryl/α,β-unsaturated/α-hetero) is 1. The van der Waals surface area contributed by atoms with E-state index in [4.69, 9.17) is 14.2 Å². The monoisotopic (exact) mass is 414 g/mol. The summed E-state index contributed by atoms with van der Waals surface area (Å²) in [5, 5.41) is 9.93. The highest BCUT2D eigenvalue weighted by Gasteiger charge is 2.38. The first-order chi connectivity index (χ1) is 15.0. The van der Waals surface area contributed by atoms with Crippen molar-refractivity contribution in [3.63, 3.8) is 0 Å². The highest BCUT2D eigenvalue weighted by molar-refractivity contribution is 6.15. The zero-order valence-corrected chi connectivity index (χ0v) is 16.6. The zero-order chi connectivity index (χ0) is 21.5. The molecule has 0 aromatic heterocycles. The van der Waals surface area contributed by atoms with Gasteiger partial charge in [0.25, 0.3) is 0 Å². The fraction of sp³-hybridized carbons (Fsp3) is 0.120. The molecule has 0 radical (unpaired) electrons. The van der Waals surface area contributed by atoms with Crippen molar-refractivity contribution in [2.45, 2.75) is 12.3 Å². The molecular formula is C25H18O6. The number of hydrogen-bond acceptors (Lipinski definition) is 6. The minimum atomic E-state index is -0.406. The van der Waals surface area contributed by atoms with Crippen LogP contribution in [-0.4, -0.2) is 24.0 Å². The number of para-hydroxylation sites is 1. The molecular weight excluding hydrogens is 396 g/mol. The molecule has 0 saturated carbocycles. The van der Waals surface area contributed by atoms with E-state index in [1.165, 1.54) is 0 Å². The predicted molar refractivity (Wildman–Crippen MR) is 113 cm³/mol. The maximum Gasteiger partial charge on any atom is 0.312 e. The molecule has 2 heterocycles. The van der Waals surface area contributed by atoms with Crippen LogP contribution >= 0.6 is 0 Å². The molecule has 2 aliphatic heterocycles. The van der Waals surface area contributed by atoms with Crippen LogP contribution in [0.4, 0.5) is 0 Å². The largest absolute Gasteiger partial charge is 0.508 e. The Balaban J connectivity index is 1.63. The molecule has 0 saturated heterocycles. The molecule has 0 fully saturated rings. The van der Waals surface area contributed by atoms with E-state index < -0.39 is 5.92 Å². The lowest BCUT2D eigenvalue weighted by Crippen LogP contribution is -2.21. The number of allylic oxidation sites excluding steroid dienone is 1. The maximum atomic E-state index is 13.1. The number of rotatable bonds is 3. The van der Waals surface area contributed by atoms with Gasteiger partial charge in [0, 0.05) is 17.0 Å². The molecule has 6 heteroatoms. The van der Waals surface area contributed by atoms with Crippen molar-refractivity contribution < 1.29 is 28.9 Å². The summed E-state index contributed by atoms with van der Waals surface area (Å²) in [6, 6.07) is 17.3. The lowest BCUT2D eigenvalue weighted by Gasteiger charge is -2.26. The lowest BCUT2D eigenvalue weighted by atomic mass is 9.84. The van der Waals surface area contributed by atoms with Gasteiger partial charge in [-0.05, 0) is 42.0 Å². The van der Waals surface area contributed by atoms with E-state index in [1.54, 1.807) is 49.6 Å². The second-order valence-electron chi connectivity index (χ2n) is 7.36. The van der Waals surface area contributed by atoms with Gasteiger partial charge in [0.1, 0.15) is 23.0 Å². The van der Waals surface area contributed by atoms with Gasteiger partial charge in [-0.25, -0.2) is 0 Å². The summed E-state index contributed by atoms with van der Waals surface area (Å²) in [5.74, 6) is 0.579. The number of phenols is 1. The molecule has 0 unspecified atom stereocenters. The molecule has 1 atom stereocenters. The number of carbonyl (C=O) groups excluding carboxylic acids is 2. The van der Waals surface area contributed by atoms with Gasteiger partial charge in [0.05, 0.1) is 19.1 Å². The Labute approximate surface area is 178 Å². The number of ether oxygens (including phenoxy) is 3. The molecule has 3 aromatic rings. The average Bonchev–Trinajstić information content (AvgIpc) is 3.08. The highest BCUT2D eigenvalue weighted by atomic mass is 16.5. The molecule has 0 amide bonds. The summed E-state index contributed by atoms with van der Waals surface area (Å²) in [6.07, 6.45) is 1.72. The maximum absolute atomic E-state index is 13.1. The normalized spacial score (nSPS) is 18.2. The lowest BCUT2D eigenvalue weighted by molar-refractivity contribution is -0.135. The Kier molecular flexibility index (Phi) is 4.47. The molecule has 1 N–H and O–H groups in total. The number of aromatic hydroxyl groups is 1. The number of ketones is 1. The molecule has 154 valence electrons. The number of carbonyl (C=O) groups is 2. The SMILES string of the molecule is COc1ccccc1/C=C1\Oc2c(ccc3c2[C@@H](c2cccc(O)c2)CC(=O)O3)C1=O. The third kappa shape index (κ3) is 3.22. The molecule has 3 aromatic carbocycles. The smallest absolute Gasteiger partial charge is 0.312 e. The van der Waals surface area contributed by atoms with Gasteiger partial charge in [-0.3, -0.25) is 9.59 Å². The topological polar surface area (TPSA) is 82.1 Å². The first-order valence-corrected chi connectivity index (χ1v) is 9.79. The summed E-state index contributed by atoms with van der Waals surface area (Å²) in [5.41, 5.74) is 2.48. The third-order valence-corrected chi connectivity index (χ3v) is 5.48. The van der Waals surface area contributed by atoms with Gasteiger partial charge in [0.2, 0.25) is 5.78 Å². The molecule has 2 aliphatic rings. The fourth-order valence-corrected chi connectivity index (χ4v) is 4.06. The predicted octanol–water partition coefficient (Wildman–Crippen LogP) is 4.46. The summed E-state index contributed by atoms with van der Waals surface area (Å²) in [6.45, 7) is 0. The van der Waals surface area contributed by atoms with Crippen LogP contribution in [0.3, 0.4) is 0 Å². The van der Waals surface area contributed by atoms with Crippen molar-refractivity contribution in [1.82, 2.24) is 0 Å². The second-order valence-corrected chi connectivity index (χ2v) is 7.36. The van der Waals surface area contributed by atoms with E-state index in [-0.39, 0.29) is 29.7 Å². The van der Waals surface area contributed by atoms with Crippen LogP contribution in [0.1, 0.15) is 39.4 Å². The number of benzene rings is 3. The van der Waals surface area contributed by atoms with Crippen molar-refractivity contribution in [3.8, 4) is 23.0 Å². The summed E-state index contributed by atoms with van der Waals surface area (Å²) in [7, 11) is 1.56. The van der Waals surface area contributed by atoms with Crippen LogP contribution in [0.15, 0.2) is 66.4 Å². The van der Waals surface area contributed by atoms with Crippen LogP contribution in [0.2, 0.25) is 0 Å². The zero-order valence-electron chi connectivity index (χ0n) is 16.6. The molecule has 0 aliphatic carbocycles. The van der Waals surface area contributed by atoms with E-state index in [1.807, 2.05) is 24.3 Å². The second kappa shape index (κ2) is 7.32. The molecule has 31 heavy (non-hydrogen) atoms. The average molecular weight is 414 g/mol. The van der Waals surface area contributed by atoms with Gasteiger partial charge in [-0.1, -0.05) is 30.3 Å². The van der Waals surface area contributed by atoms with E-state index >= 15 is 0 Å². The van der Waals surface area contributed by atoms with Crippen molar-refractivity contribution in [2.24, 2.45) is 0 Å². The quantitative estimate of drug-likeness (QED) is 0.387. The van der Waals surface area contributed by atoms with Crippen LogP contribution in [-0.2, 0) is 4.79 Å². The van der Waals surface area contributed by atoms with E-state index in [0.717, 1.165) is 5.56 Å². The summed E-state index contributed by atoms with van der Waals surface area (Å²) in [4.78, 5) is 25.3. The van der Waals surface area contributed by atoms with Crippen molar-refractivity contribution in [1.29, 1.82) is 0 Å². The fourth-order valence-electron chi connectivity index (χ4n) is 4.06. The summed E-state index contributed by atoms with van der Waals surface area (Å²) < 4.78 is 16.8. The van der Waals surface area contributed by atoms with Gasteiger partial charge >= 0.3 is 5.97 Å². The van der Waals surface area contributed by atoms with Crippen LogP contribution in [0.5, 0.6) is 23.0 Å². The number of phenolic OH excluding ortho intramolecular Hbond substituents is 1. The standard InChI is InChI=1S/C25H18O6/c1-29-19-8-3-2-5-15(19)12-21-24(28)17-9-10-20-23(25(17)31-21)18(13-22(27)30-20)14-6-4-7-16(26)11-14/h2-12,18,26H,13H2,1H3/b21-12-/t18-/m1/s1. The number of methoxy groups -OCH3 is 1. The van der Waals surface area contributed by atoms with Crippen molar-refractivity contribution >= 4 is 17.8 Å². The summed E-state index contributed by atoms with van der Waals surface area (Å²) >= 11 is 0. The minimum absolute atomic E-state index is 0.0794. The first kappa shape index (κ1) is 18.9. The molecule has 0 spiro atoms. The first-order valence-electron chi connectivity index (χ1n) is 9.79. The number of hydrogen-bond donors (Lipinski definition) is 1. The Morgan fingerprint density at radius 2 is 1.87 bits per heavy atom. The Bertz CT molecular complexity index is 1260. The minimum Gasteiger partial charge on any atom is -0.508 e. The molecule has 5 rings (SSSR count). The van der Waals surface area contributed by atoms with Crippen LogP contribution < -0.4 is 14.2 Å². The van der Waals surface area contributed by atoms with Crippen molar-refractivity contribution in [3.05, 3.63) is 88.7 Å². The Morgan fingerprint density at radius 3 is 2.68 bits per heavy atom. The van der Waals surface area contributed by atoms with Gasteiger partial charge in [-0.2, -0.15) is 0 Å². The Hall–Kier alpha value is -4.06. The van der Waals surface area contributed by atoms with E-state index in [2.05, 4.69) is 0 Å². The van der Waals surface area contributed by atoms with E-state index in [9.17, 15) is 14.7 Å². The number of esters is 1. The highest BCUT2D eigenvalue weighted by Crippen LogP contribution is 2.49. The molecule has 6 nitrogen and oxygen atoms in total. The third-order valence-electron chi connectivity index (χ3n) is 5.48. The van der Waals surface area contributed by atoms with Gasteiger partial charge in [-0.15, -0.1) is 0 Å².